The van der Waals surface area contributed by atoms with Gasteiger partial charge in [0.05, 0.1) is 24.3 Å². The number of nitrogens with zero attached hydrogens (tertiary/aromatic N) is 5. The van der Waals surface area contributed by atoms with E-state index in [1.54, 1.807) is 6.33 Å². The van der Waals surface area contributed by atoms with E-state index in [-0.39, 0.29) is 6.04 Å². The van der Waals surface area contributed by atoms with E-state index < -0.39 is 0 Å². The highest BCUT2D eigenvalue weighted by Gasteiger charge is 2.32. The molecule has 1 aliphatic heterocycles. The van der Waals surface area contributed by atoms with Crippen LogP contribution in [0, 0.1) is 0 Å². The van der Waals surface area contributed by atoms with E-state index in [9.17, 15) is 0 Å². The maximum absolute atomic E-state index is 4.60. The fourth-order valence-corrected chi connectivity index (χ4v) is 3.62. The number of aromatic nitrogens is 6. The first-order chi connectivity index (χ1) is 12.2. The van der Waals surface area contributed by atoms with Crippen molar-refractivity contribution in [2.75, 3.05) is 6.54 Å². The maximum atomic E-state index is 4.60. The van der Waals surface area contributed by atoms with E-state index in [4.69, 9.17) is 0 Å². The molecule has 0 aromatic carbocycles. The van der Waals surface area contributed by atoms with Gasteiger partial charge in [-0.1, -0.05) is 13.3 Å². The lowest BCUT2D eigenvalue weighted by atomic mass is 9.98. The minimum atomic E-state index is 0.131. The van der Waals surface area contributed by atoms with Crippen molar-refractivity contribution < 1.29 is 0 Å². The van der Waals surface area contributed by atoms with Gasteiger partial charge >= 0.3 is 0 Å². The van der Waals surface area contributed by atoms with E-state index in [0.29, 0.717) is 0 Å². The monoisotopic (exact) mass is 339 g/mol. The van der Waals surface area contributed by atoms with Gasteiger partial charge in [0.2, 0.25) is 0 Å². The number of imidazole rings is 2. The molecule has 7 heteroatoms. The second-order valence-corrected chi connectivity index (χ2v) is 6.80. The van der Waals surface area contributed by atoms with E-state index >= 15 is 0 Å². The van der Waals surface area contributed by atoms with Crippen LogP contribution in [0.2, 0.25) is 0 Å². The fraction of sp³-hybridized carbons (Fsp3) is 0.500. The first-order valence-corrected chi connectivity index (χ1v) is 9.02. The molecule has 0 radical (unpaired) electrons. The van der Waals surface area contributed by atoms with Crippen LogP contribution < -0.4 is 0 Å². The number of hydrogen-bond donors (Lipinski definition) is 2. The molecule has 0 saturated carbocycles. The van der Waals surface area contributed by atoms with Crippen molar-refractivity contribution in [1.82, 2.24) is 34.6 Å². The Labute approximate surface area is 147 Å². The molecule has 1 unspecified atom stereocenters. The molecule has 0 saturated heterocycles. The zero-order chi connectivity index (χ0) is 17.2. The number of aromatic amines is 2. The Morgan fingerprint density at radius 2 is 2.20 bits per heavy atom. The highest BCUT2D eigenvalue weighted by atomic mass is 15.3. The summed E-state index contributed by atoms with van der Waals surface area (Å²) in [4.78, 5) is 18.4. The van der Waals surface area contributed by atoms with Gasteiger partial charge in [0.1, 0.15) is 5.82 Å². The number of hydrogen-bond acceptors (Lipinski definition) is 4. The minimum absolute atomic E-state index is 0.131. The Kier molecular flexibility index (Phi) is 4.40. The Morgan fingerprint density at radius 1 is 1.28 bits per heavy atom. The molecule has 132 valence electrons. The molecule has 3 aromatic heterocycles. The lowest BCUT2D eigenvalue weighted by Gasteiger charge is -2.34. The average Bonchev–Trinajstić information content (AvgIpc) is 3.34. The summed E-state index contributed by atoms with van der Waals surface area (Å²) in [6.45, 7) is 4.03. The van der Waals surface area contributed by atoms with Crippen LogP contribution in [0.3, 0.4) is 0 Å². The number of nitrogens with one attached hydrogen (secondary N) is 2. The molecule has 4 heterocycles. The third kappa shape index (κ3) is 3.24. The number of aryl methyl sites for hydroxylation is 2. The van der Waals surface area contributed by atoms with Crippen LogP contribution in [-0.2, 0) is 26.4 Å². The zero-order valence-corrected chi connectivity index (χ0v) is 14.9. The number of H-pyrrole nitrogens is 2. The van der Waals surface area contributed by atoms with E-state index in [1.807, 2.05) is 24.1 Å². The topological polar surface area (TPSA) is 78.4 Å². The van der Waals surface area contributed by atoms with E-state index in [2.05, 4.69) is 43.1 Å². The van der Waals surface area contributed by atoms with Gasteiger partial charge in [-0.25, -0.2) is 9.97 Å². The van der Waals surface area contributed by atoms with Crippen LogP contribution in [-0.4, -0.2) is 41.2 Å². The molecule has 2 N–H and O–H groups in total. The normalized spacial score (nSPS) is 17.8. The minimum Gasteiger partial charge on any atom is -0.348 e. The van der Waals surface area contributed by atoms with Gasteiger partial charge in [0.15, 0.2) is 0 Å². The predicted octanol–water partition coefficient (Wildman–Crippen LogP) is 2.36. The summed E-state index contributed by atoms with van der Waals surface area (Å²) in [5, 5.41) is 4.36. The van der Waals surface area contributed by atoms with Crippen molar-refractivity contribution in [2.45, 2.75) is 45.2 Å². The van der Waals surface area contributed by atoms with Crippen molar-refractivity contribution in [3.63, 3.8) is 0 Å². The maximum Gasteiger partial charge on any atom is 0.106 e. The Morgan fingerprint density at radius 3 is 3.00 bits per heavy atom. The molecule has 0 aliphatic carbocycles. The summed E-state index contributed by atoms with van der Waals surface area (Å²) < 4.78 is 1.85. The van der Waals surface area contributed by atoms with Crippen LogP contribution in [0.15, 0.2) is 24.9 Å². The first-order valence-electron chi connectivity index (χ1n) is 9.02. The molecular formula is C18H25N7. The molecule has 1 atom stereocenters. The summed E-state index contributed by atoms with van der Waals surface area (Å²) in [7, 11) is 1.96. The van der Waals surface area contributed by atoms with Gasteiger partial charge in [-0.3, -0.25) is 9.58 Å². The van der Waals surface area contributed by atoms with Gasteiger partial charge in [0.25, 0.3) is 0 Å². The van der Waals surface area contributed by atoms with Gasteiger partial charge in [-0.2, -0.15) is 5.10 Å². The highest BCUT2D eigenvalue weighted by Crippen LogP contribution is 2.33. The zero-order valence-electron chi connectivity index (χ0n) is 14.9. The third-order valence-electron chi connectivity index (χ3n) is 4.89. The summed E-state index contributed by atoms with van der Waals surface area (Å²) in [5.74, 6) is 1.09. The Hall–Kier alpha value is -2.41. The number of unbranched alkanes of at least 4 members (excludes halogenated alkanes) is 1. The summed E-state index contributed by atoms with van der Waals surface area (Å²) in [6.07, 6.45) is 12.2. The molecule has 25 heavy (non-hydrogen) atoms. The van der Waals surface area contributed by atoms with Crippen molar-refractivity contribution in [3.8, 4) is 0 Å². The smallest absolute Gasteiger partial charge is 0.106 e. The van der Waals surface area contributed by atoms with Gasteiger partial charge < -0.3 is 9.97 Å². The summed E-state index contributed by atoms with van der Waals surface area (Å²) >= 11 is 0. The van der Waals surface area contributed by atoms with Crippen molar-refractivity contribution in [2.24, 2.45) is 7.05 Å². The Balaban J connectivity index is 1.58. The lowest BCUT2D eigenvalue weighted by molar-refractivity contribution is 0.198. The average molecular weight is 339 g/mol. The second kappa shape index (κ2) is 6.84. The molecule has 4 rings (SSSR count). The molecule has 0 spiro atoms. The van der Waals surface area contributed by atoms with Crippen molar-refractivity contribution in [3.05, 3.63) is 53.4 Å². The molecular weight excluding hydrogens is 314 g/mol. The summed E-state index contributed by atoms with van der Waals surface area (Å²) in [6, 6.07) is 0.131. The lowest BCUT2D eigenvalue weighted by Crippen LogP contribution is -2.35. The van der Waals surface area contributed by atoms with Gasteiger partial charge in [0, 0.05) is 62.3 Å². The number of fused-ring (bicyclic) bond motifs is 1. The van der Waals surface area contributed by atoms with Gasteiger partial charge in [-0.15, -0.1) is 0 Å². The molecule has 0 bridgehead atoms. The quantitative estimate of drug-likeness (QED) is 0.723. The first kappa shape index (κ1) is 16.1. The molecule has 0 fully saturated rings. The SMILES string of the molecule is CCCCc1ncc(CN2CCc3[nH]cnc3C2c2cnn(C)c2)[nH]1. The largest absolute Gasteiger partial charge is 0.348 e. The second-order valence-electron chi connectivity index (χ2n) is 6.80. The van der Waals surface area contributed by atoms with Crippen LogP contribution >= 0.6 is 0 Å². The fourth-order valence-electron chi connectivity index (χ4n) is 3.62. The Bertz CT molecular complexity index is 828. The summed E-state index contributed by atoms with van der Waals surface area (Å²) in [5.41, 5.74) is 4.70. The molecule has 0 amide bonds. The van der Waals surface area contributed by atoms with Crippen molar-refractivity contribution in [1.29, 1.82) is 0 Å². The van der Waals surface area contributed by atoms with Crippen LogP contribution in [0.25, 0.3) is 0 Å². The standard InChI is InChI=1S/C18H25N7/c1-3-4-5-16-19-9-14(23-16)11-25-7-6-15-17(21-12-20-15)18(25)13-8-22-24(2)10-13/h8-10,12,18H,3-7,11H2,1-2H3,(H,19,23)(H,20,21). The predicted molar refractivity (Wildman–Crippen MR) is 95.0 cm³/mol. The molecule has 7 nitrogen and oxygen atoms in total. The van der Waals surface area contributed by atoms with Crippen LogP contribution in [0.5, 0.6) is 0 Å². The van der Waals surface area contributed by atoms with Gasteiger partial charge in [-0.05, 0) is 6.42 Å². The molecule has 1 aliphatic rings. The van der Waals surface area contributed by atoms with Crippen LogP contribution in [0.4, 0.5) is 0 Å². The van der Waals surface area contributed by atoms with Crippen molar-refractivity contribution >= 4 is 0 Å². The third-order valence-corrected chi connectivity index (χ3v) is 4.89. The van der Waals surface area contributed by atoms with E-state index in [0.717, 1.165) is 37.4 Å². The number of rotatable bonds is 6. The van der Waals surface area contributed by atoms with E-state index in [1.165, 1.54) is 29.8 Å². The van der Waals surface area contributed by atoms with Crippen LogP contribution in [0.1, 0.15) is 54.3 Å². The highest BCUT2D eigenvalue weighted by molar-refractivity contribution is 5.30. The molecule has 3 aromatic rings.